The number of nitrogens with one attached hydrogen (secondary N) is 1. The Kier molecular flexibility index (Phi) is 5.96. The maximum absolute atomic E-state index is 13.4. The van der Waals surface area contributed by atoms with Gasteiger partial charge in [-0.05, 0) is 42.7 Å². The molecule has 2 aromatic carbocycles. The molecule has 0 saturated carbocycles. The quantitative estimate of drug-likeness (QED) is 0.586. The molecule has 1 amide bonds. The highest BCUT2D eigenvalue weighted by molar-refractivity contribution is 5.95. The summed E-state index contributed by atoms with van der Waals surface area (Å²) in [5, 5.41) is 6.25. The van der Waals surface area contributed by atoms with Crippen molar-refractivity contribution in [3.8, 4) is 11.4 Å². The standard InChI is InChI=1S/C22H19F4N3O3/c23-17-6-4-16(5-7-17)21(8-10-31-11-9-21)13-27-19(30)15-3-1-2-14(12-15)18-28-20(32-29-18)22(24,25)26/h1-7,12H,8-11,13H2,(H,27,30). The van der Waals surface area contributed by atoms with Crippen LogP contribution in [0.4, 0.5) is 17.6 Å². The third kappa shape index (κ3) is 4.64. The molecule has 0 spiro atoms. The highest BCUT2D eigenvalue weighted by atomic mass is 19.4. The maximum atomic E-state index is 13.4. The van der Waals surface area contributed by atoms with Crippen LogP contribution >= 0.6 is 0 Å². The average Bonchev–Trinajstić information content (AvgIpc) is 3.30. The number of aromatic nitrogens is 2. The predicted molar refractivity (Wildman–Crippen MR) is 105 cm³/mol. The van der Waals surface area contributed by atoms with Crippen LogP contribution < -0.4 is 5.32 Å². The zero-order chi connectivity index (χ0) is 22.8. The number of alkyl halides is 3. The smallest absolute Gasteiger partial charge is 0.381 e. The number of halogens is 4. The molecular weight excluding hydrogens is 430 g/mol. The van der Waals surface area contributed by atoms with Gasteiger partial charge in [-0.1, -0.05) is 29.4 Å². The summed E-state index contributed by atoms with van der Waals surface area (Å²) in [6, 6.07) is 12.1. The van der Waals surface area contributed by atoms with E-state index in [0.717, 1.165) is 5.56 Å². The van der Waals surface area contributed by atoms with Crippen molar-refractivity contribution in [3.05, 3.63) is 71.4 Å². The maximum Gasteiger partial charge on any atom is 0.471 e. The minimum atomic E-state index is -4.75. The van der Waals surface area contributed by atoms with Gasteiger partial charge in [0.25, 0.3) is 5.91 Å². The predicted octanol–water partition coefficient (Wildman–Crippen LogP) is 4.37. The van der Waals surface area contributed by atoms with Crippen LogP contribution in [-0.2, 0) is 16.3 Å². The Hall–Kier alpha value is -3.27. The molecule has 0 unspecified atom stereocenters. The number of nitrogens with zero attached hydrogens (tertiary/aromatic N) is 2. The summed E-state index contributed by atoms with van der Waals surface area (Å²) in [7, 11) is 0. The molecule has 1 N–H and O–H groups in total. The lowest BCUT2D eigenvalue weighted by molar-refractivity contribution is -0.159. The summed E-state index contributed by atoms with van der Waals surface area (Å²) in [6.45, 7) is 1.33. The second kappa shape index (κ2) is 8.70. The molecule has 1 aliphatic heterocycles. The SMILES string of the molecule is O=C(NCC1(c2ccc(F)cc2)CCOCC1)c1cccc(-c2noc(C(F)(F)F)n2)c1. The van der Waals surface area contributed by atoms with Crippen molar-refractivity contribution >= 4 is 5.91 Å². The molecule has 0 aliphatic carbocycles. The van der Waals surface area contributed by atoms with Gasteiger partial charge >= 0.3 is 12.1 Å². The second-order valence-corrected chi connectivity index (χ2v) is 7.58. The monoisotopic (exact) mass is 449 g/mol. The highest BCUT2D eigenvalue weighted by Gasteiger charge is 2.38. The number of rotatable bonds is 5. The molecule has 1 aliphatic rings. The Morgan fingerprint density at radius 2 is 1.81 bits per heavy atom. The van der Waals surface area contributed by atoms with Gasteiger partial charge in [0, 0.05) is 36.3 Å². The topological polar surface area (TPSA) is 77.2 Å². The van der Waals surface area contributed by atoms with E-state index < -0.39 is 23.4 Å². The first-order valence-corrected chi connectivity index (χ1v) is 9.90. The fourth-order valence-corrected chi connectivity index (χ4v) is 3.74. The number of ether oxygens (including phenoxy) is 1. The van der Waals surface area contributed by atoms with E-state index >= 15 is 0 Å². The molecule has 1 aromatic heterocycles. The van der Waals surface area contributed by atoms with E-state index in [4.69, 9.17) is 4.74 Å². The van der Waals surface area contributed by atoms with Crippen LogP contribution in [0.15, 0.2) is 53.1 Å². The first-order chi connectivity index (χ1) is 15.3. The summed E-state index contributed by atoms with van der Waals surface area (Å²) in [5.41, 5.74) is 0.954. The first-order valence-electron chi connectivity index (χ1n) is 9.90. The van der Waals surface area contributed by atoms with E-state index in [-0.39, 0.29) is 22.8 Å². The largest absolute Gasteiger partial charge is 0.471 e. The molecule has 4 rings (SSSR count). The van der Waals surface area contributed by atoms with E-state index in [1.54, 1.807) is 12.1 Å². The fourth-order valence-electron chi connectivity index (χ4n) is 3.74. The number of amides is 1. The van der Waals surface area contributed by atoms with Gasteiger partial charge in [-0.25, -0.2) is 4.39 Å². The summed E-state index contributed by atoms with van der Waals surface area (Å²) < 4.78 is 61.2. The van der Waals surface area contributed by atoms with Gasteiger partial charge in [0.1, 0.15) is 5.82 Å². The summed E-state index contributed by atoms with van der Waals surface area (Å²) in [5.74, 6) is -2.46. The van der Waals surface area contributed by atoms with Crippen molar-refractivity contribution in [1.82, 2.24) is 15.5 Å². The molecule has 2 heterocycles. The number of benzene rings is 2. The van der Waals surface area contributed by atoms with Crippen LogP contribution in [0, 0.1) is 5.82 Å². The van der Waals surface area contributed by atoms with Crippen molar-refractivity contribution in [1.29, 1.82) is 0 Å². The lowest BCUT2D eigenvalue weighted by Gasteiger charge is -2.38. The van der Waals surface area contributed by atoms with Crippen LogP contribution in [0.3, 0.4) is 0 Å². The van der Waals surface area contributed by atoms with Gasteiger partial charge in [-0.2, -0.15) is 18.2 Å². The molecule has 6 nitrogen and oxygen atoms in total. The van der Waals surface area contributed by atoms with E-state index in [9.17, 15) is 22.4 Å². The van der Waals surface area contributed by atoms with Gasteiger partial charge in [-0.3, -0.25) is 4.79 Å². The normalized spacial score (nSPS) is 16.0. The molecule has 3 aromatic rings. The van der Waals surface area contributed by atoms with Crippen molar-refractivity contribution in [2.24, 2.45) is 0 Å². The van der Waals surface area contributed by atoms with Gasteiger partial charge in [0.05, 0.1) is 0 Å². The molecule has 0 radical (unpaired) electrons. The van der Waals surface area contributed by atoms with Gasteiger partial charge in [0.2, 0.25) is 5.82 Å². The van der Waals surface area contributed by atoms with Crippen molar-refractivity contribution in [3.63, 3.8) is 0 Å². The molecule has 32 heavy (non-hydrogen) atoms. The molecule has 168 valence electrons. The number of carbonyl (C=O) groups is 1. The van der Waals surface area contributed by atoms with Crippen molar-refractivity contribution < 1.29 is 31.6 Å². The molecule has 0 atom stereocenters. The zero-order valence-corrected chi connectivity index (χ0v) is 16.8. The second-order valence-electron chi connectivity index (χ2n) is 7.58. The molecular formula is C22H19F4N3O3. The number of carbonyl (C=O) groups excluding carboxylic acids is 1. The van der Waals surface area contributed by atoms with Gasteiger partial charge in [-0.15, -0.1) is 0 Å². The molecule has 1 fully saturated rings. The van der Waals surface area contributed by atoms with E-state index in [1.165, 1.54) is 36.4 Å². The third-order valence-corrected chi connectivity index (χ3v) is 5.55. The van der Waals surface area contributed by atoms with Gasteiger partial charge < -0.3 is 14.6 Å². The first kappa shape index (κ1) is 21.9. The Bertz CT molecular complexity index is 1090. The number of hydrogen-bond donors (Lipinski definition) is 1. The lowest BCUT2D eigenvalue weighted by atomic mass is 9.74. The van der Waals surface area contributed by atoms with Crippen LogP contribution in [0.25, 0.3) is 11.4 Å². The van der Waals surface area contributed by atoms with E-state index in [0.29, 0.717) is 32.6 Å². The van der Waals surface area contributed by atoms with Crippen LogP contribution in [0.1, 0.15) is 34.7 Å². The van der Waals surface area contributed by atoms with E-state index in [1.807, 2.05) is 0 Å². The minimum Gasteiger partial charge on any atom is -0.381 e. The fraction of sp³-hybridized carbons (Fsp3) is 0.318. The summed E-state index contributed by atoms with van der Waals surface area (Å²) in [4.78, 5) is 16.2. The Morgan fingerprint density at radius 1 is 1.09 bits per heavy atom. The molecule has 1 saturated heterocycles. The number of hydrogen-bond acceptors (Lipinski definition) is 5. The van der Waals surface area contributed by atoms with Gasteiger partial charge in [0.15, 0.2) is 0 Å². The summed E-state index contributed by atoms with van der Waals surface area (Å²) in [6.07, 6.45) is -3.44. The zero-order valence-electron chi connectivity index (χ0n) is 16.8. The average molecular weight is 449 g/mol. The Morgan fingerprint density at radius 3 is 2.47 bits per heavy atom. The molecule has 10 heteroatoms. The van der Waals surface area contributed by atoms with E-state index in [2.05, 4.69) is 20.0 Å². The van der Waals surface area contributed by atoms with Crippen LogP contribution in [0.5, 0.6) is 0 Å². The van der Waals surface area contributed by atoms with Crippen LogP contribution in [-0.4, -0.2) is 35.8 Å². The third-order valence-electron chi connectivity index (χ3n) is 5.55. The van der Waals surface area contributed by atoms with Crippen molar-refractivity contribution in [2.45, 2.75) is 24.4 Å². The Labute approximate surface area is 180 Å². The summed E-state index contributed by atoms with van der Waals surface area (Å²) >= 11 is 0. The van der Waals surface area contributed by atoms with Crippen molar-refractivity contribution in [2.75, 3.05) is 19.8 Å². The lowest BCUT2D eigenvalue weighted by Crippen LogP contribution is -2.44. The molecule has 0 bridgehead atoms. The Balaban J connectivity index is 1.51. The highest BCUT2D eigenvalue weighted by Crippen LogP contribution is 2.34. The van der Waals surface area contributed by atoms with Crippen LogP contribution in [0.2, 0.25) is 0 Å². The minimum absolute atomic E-state index is 0.219.